The van der Waals surface area contributed by atoms with Crippen molar-refractivity contribution in [2.24, 2.45) is 11.8 Å². The molecule has 2 aliphatic rings. The summed E-state index contributed by atoms with van der Waals surface area (Å²) in [6.07, 6.45) is 3.76. The molecule has 1 aliphatic heterocycles. The van der Waals surface area contributed by atoms with E-state index in [0.717, 1.165) is 22.2 Å². The number of carbonyl (C=O) groups is 2. The molecule has 1 amide bonds. The maximum atomic E-state index is 12.6. The van der Waals surface area contributed by atoms with Gasteiger partial charge in [0.1, 0.15) is 0 Å². The van der Waals surface area contributed by atoms with Crippen molar-refractivity contribution >= 4 is 34.8 Å². The summed E-state index contributed by atoms with van der Waals surface area (Å²) in [4.78, 5) is 26.6. The highest BCUT2D eigenvalue weighted by Gasteiger charge is 2.40. The molecule has 2 heterocycles. The number of piperidine rings is 1. The number of thiophene rings is 1. The molecule has 3 rings (SSSR count). The molecule has 2 fully saturated rings. The van der Waals surface area contributed by atoms with Gasteiger partial charge in [0, 0.05) is 17.3 Å². The van der Waals surface area contributed by atoms with Crippen molar-refractivity contribution in [2.45, 2.75) is 38.1 Å². The van der Waals surface area contributed by atoms with Crippen molar-refractivity contribution in [1.29, 1.82) is 0 Å². The Balaban J connectivity index is 1.79. The Labute approximate surface area is 132 Å². The number of aliphatic carboxylic acids is 1. The lowest BCUT2D eigenvalue weighted by Crippen LogP contribution is -2.44. The average Bonchev–Trinajstić information content (AvgIpc) is 3.14. The predicted octanol–water partition coefficient (Wildman–Crippen LogP) is 3.57. The van der Waals surface area contributed by atoms with Gasteiger partial charge in [0.15, 0.2) is 0 Å². The molecule has 0 radical (unpaired) electrons. The lowest BCUT2D eigenvalue weighted by Gasteiger charge is -2.39. The van der Waals surface area contributed by atoms with Gasteiger partial charge < -0.3 is 10.0 Å². The predicted molar refractivity (Wildman–Crippen MR) is 81.5 cm³/mol. The first-order valence-electron chi connectivity index (χ1n) is 7.32. The molecule has 1 aliphatic carbocycles. The highest BCUT2D eigenvalue weighted by molar-refractivity contribution is 7.16. The molecule has 1 aromatic heterocycles. The highest BCUT2D eigenvalue weighted by atomic mass is 35.5. The molecule has 4 nitrogen and oxygen atoms in total. The Morgan fingerprint density at radius 3 is 2.67 bits per heavy atom. The minimum Gasteiger partial charge on any atom is -0.481 e. The largest absolute Gasteiger partial charge is 0.481 e. The van der Waals surface area contributed by atoms with Crippen molar-refractivity contribution in [3.05, 3.63) is 21.3 Å². The van der Waals surface area contributed by atoms with Gasteiger partial charge in [0.25, 0.3) is 0 Å². The number of carbonyl (C=O) groups excluding carboxylic acids is 1. The summed E-state index contributed by atoms with van der Waals surface area (Å²) < 4.78 is 0.733. The van der Waals surface area contributed by atoms with Crippen LogP contribution in [0.2, 0.25) is 4.34 Å². The van der Waals surface area contributed by atoms with Gasteiger partial charge in [0.2, 0.25) is 5.91 Å². The monoisotopic (exact) mass is 327 g/mol. The molecule has 1 aromatic rings. The quantitative estimate of drug-likeness (QED) is 0.899. The van der Waals surface area contributed by atoms with Gasteiger partial charge in [-0.2, -0.15) is 0 Å². The van der Waals surface area contributed by atoms with Crippen LogP contribution in [0.15, 0.2) is 12.1 Å². The normalized spacial score (nSPS) is 26.1. The smallest absolute Gasteiger partial charge is 0.304 e. The lowest BCUT2D eigenvalue weighted by molar-refractivity contribution is -0.149. The molecule has 1 N–H and O–H groups in total. The number of hydrogen-bond donors (Lipinski definition) is 1. The van der Waals surface area contributed by atoms with Gasteiger partial charge in [-0.15, -0.1) is 11.3 Å². The van der Waals surface area contributed by atoms with E-state index >= 15 is 0 Å². The van der Waals surface area contributed by atoms with Gasteiger partial charge in [-0.1, -0.05) is 11.6 Å². The van der Waals surface area contributed by atoms with Crippen molar-refractivity contribution < 1.29 is 14.7 Å². The fourth-order valence-electron chi connectivity index (χ4n) is 3.03. The van der Waals surface area contributed by atoms with Crippen LogP contribution in [-0.4, -0.2) is 28.4 Å². The summed E-state index contributed by atoms with van der Waals surface area (Å²) >= 11 is 7.53. The Hall–Kier alpha value is -1.07. The van der Waals surface area contributed by atoms with Gasteiger partial charge in [-0.3, -0.25) is 9.59 Å². The summed E-state index contributed by atoms with van der Waals surface area (Å²) in [5, 5.41) is 8.96. The van der Waals surface area contributed by atoms with Gasteiger partial charge >= 0.3 is 5.97 Å². The Morgan fingerprint density at radius 1 is 1.33 bits per heavy atom. The third kappa shape index (κ3) is 3.40. The van der Waals surface area contributed by atoms with Gasteiger partial charge in [-0.25, -0.2) is 0 Å². The maximum absolute atomic E-state index is 12.6. The van der Waals surface area contributed by atoms with E-state index in [1.54, 1.807) is 0 Å². The van der Waals surface area contributed by atoms with Crippen LogP contribution in [0.5, 0.6) is 0 Å². The fourth-order valence-corrected chi connectivity index (χ4v) is 4.23. The first-order valence-corrected chi connectivity index (χ1v) is 8.51. The molecule has 1 saturated heterocycles. The summed E-state index contributed by atoms with van der Waals surface area (Å²) in [7, 11) is 0. The highest BCUT2D eigenvalue weighted by Crippen LogP contribution is 2.42. The molecule has 1 saturated carbocycles. The molecule has 0 aromatic carbocycles. The van der Waals surface area contributed by atoms with Crippen LogP contribution in [0, 0.1) is 11.8 Å². The first kappa shape index (κ1) is 14.9. The van der Waals surface area contributed by atoms with Crippen LogP contribution in [0.4, 0.5) is 0 Å². The Kier molecular flexibility index (Phi) is 4.22. The van der Waals surface area contributed by atoms with E-state index in [0.29, 0.717) is 12.3 Å². The number of carboxylic acid groups (broad SMARTS) is 1. The third-order valence-electron chi connectivity index (χ3n) is 4.29. The van der Waals surface area contributed by atoms with Crippen molar-refractivity contribution in [3.63, 3.8) is 0 Å². The summed E-state index contributed by atoms with van der Waals surface area (Å²) in [5.74, 6) is -0.661. The van der Waals surface area contributed by atoms with E-state index in [1.165, 1.54) is 24.2 Å². The van der Waals surface area contributed by atoms with E-state index in [2.05, 4.69) is 0 Å². The lowest BCUT2D eigenvalue weighted by atomic mass is 9.88. The van der Waals surface area contributed by atoms with Crippen LogP contribution in [0.25, 0.3) is 0 Å². The minimum atomic E-state index is -0.891. The number of rotatable bonds is 5. The van der Waals surface area contributed by atoms with E-state index in [9.17, 15) is 9.59 Å². The van der Waals surface area contributed by atoms with Crippen molar-refractivity contribution in [2.75, 3.05) is 6.54 Å². The zero-order chi connectivity index (χ0) is 15.0. The second-order valence-corrected chi connectivity index (χ2v) is 7.71. The number of hydrogen-bond acceptors (Lipinski definition) is 3. The van der Waals surface area contributed by atoms with Crippen molar-refractivity contribution in [1.82, 2.24) is 4.90 Å². The molecule has 0 bridgehead atoms. The number of nitrogens with zero attached hydrogens (tertiary/aromatic N) is 1. The molecule has 2 atom stereocenters. The zero-order valence-corrected chi connectivity index (χ0v) is 13.2. The minimum absolute atomic E-state index is 0.00470. The van der Waals surface area contributed by atoms with Crippen LogP contribution < -0.4 is 0 Å². The molecule has 2 unspecified atom stereocenters. The van der Waals surface area contributed by atoms with Crippen molar-refractivity contribution in [3.8, 4) is 0 Å². The average molecular weight is 328 g/mol. The first-order chi connectivity index (χ1) is 10.0. The van der Waals surface area contributed by atoms with Gasteiger partial charge in [0.05, 0.1) is 16.8 Å². The Bertz CT molecular complexity index is 555. The van der Waals surface area contributed by atoms with Crippen LogP contribution in [-0.2, 0) is 9.59 Å². The topological polar surface area (TPSA) is 57.6 Å². The van der Waals surface area contributed by atoms with E-state index in [-0.39, 0.29) is 24.3 Å². The molecule has 114 valence electrons. The molecule has 21 heavy (non-hydrogen) atoms. The number of likely N-dealkylation sites (tertiary alicyclic amines) is 1. The molecule has 0 spiro atoms. The van der Waals surface area contributed by atoms with E-state index in [4.69, 9.17) is 16.7 Å². The van der Waals surface area contributed by atoms with Crippen LogP contribution in [0.1, 0.15) is 43.0 Å². The maximum Gasteiger partial charge on any atom is 0.304 e. The summed E-state index contributed by atoms with van der Waals surface area (Å²) in [5.41, 5.74) is 0. The van der Waals surface area contributed by atoms with E-state index in [1.807, 2.05) is 17.0 Å². The van der Waals surface area contributed by atoms with Gasteiger partial charge in [-0.05, 0) is 43.7 Å². The molecular formula is C15H18ClNO3S. The van der Waals surface area contributed by atoms with Crippen LogP contribution >= 0.6 is 22.9 Å². The van der Waals surface area contributed by atoms with Crippen LogP contribution in [0.3, 0.4) is 0 Å². The Morgan fingerprint density at radius 2 is 2.10 bits per heavy atom. The second-order valence-electron chi connectivity index (χ2n) is 5.96. The third-order valence-corrected chi connectivity index (χ3v) is 5.62. The standard InChI is InChI=1S/C15H18ClNO3S/c16-13-6-5-12(21-13)11-4-3-10(7-14(18)19)15(20)17(11)8-9-1-2-9/h5-6,9-11H,1-4,7-8H2,(H,18,19). The zero-order valence-electron chi connectivity index (χ0n) is 11.6. The number of amides is 1. The van der Waals surface area contributed by atoms with E-state index < -0.39 is 5.97 Å². The SMILES string of the molecule is O=C(O)CC1CCC(c2ccc(Cl)s2)N(CC2CC2)C1=O. The summed E-state index contributed by atoms with van der Waals surface area (Å²) in [6.45, 7) is 0.759. The fraction of sp³-hybridized carbons (Fsp3) is 0.600. The second kappa shape index (κ2) is 5.97. The summed E-state index contributed by atoms with van der Waals surface area (Å²) in [6, 6.07) is 3.92. The molecular weight excluding hydrogens is 310 g/mol. The molecule has 6 heteroatoms. The number of carboxylic acids is 1. The number of halogens is 1.